The maximum absolute atomic E-state index is 11.7. The minimum absolute atomic E-state index is 0.241. The number of nitrogens with one attached hydrogen (secondary N) is 1. The average Bonchev–Trinajstić information content (AvgIpc) is 2.72. The Morgan fingerprint density at radius 3 is 2.89 bits per heavy atom. The number of H-pyrrole nitrogens is 1. The first-order valence-corrected chi connectivity index (χ1v) is 6.34. The molecule has 2 rings (SSSR count). The molecule has 1 heterocycles. The van der Waals surface area contributed by atoms with Gasteiger partial charge < -0.3 is 0 Å². The van der Waals surface area contributed by atoms with Crippen molar-refractivity contribution in [2.75, 3.05) is 0 Å². The van der Waals surface area contributed by atoms with E-state index in [-0.39, 0.29) is 10.9 Å². The first-order valence-electron chi connectivity index (χ1n) is 5.46. The van der Waals surface area contributed by atoms with Crippen LogP contribution >= 0.6 is 11.8 Å². The first-order chi connectivity index (χ1) is 8.70. The molecule has 6 heteroatoms. The van der Waals surface area contributed by atoms with Crippen molar-refractivity contribution in [3.05, 3.63) is 46.4 Å². The Morgan fingerprint density at radius 1 is 1.50 bits per heavy atom. The zero-order chi connectivity index (χ0) is 13.0. The Bertz CT molecular complexity index is 611. The molecule has 5 nitrogen and oxygen atoms in total. The highest BCUT2D eigenvalue weighted by Crippen LogP contribution is 2.19. The van der Waals surface area contributed by atoms with Gasteiger partial charge in [-0.1, -0.05) is 42.1 Å². The van der Waals surface area contributed by atoms with Gasteiger partial charge in [-0.05, 0) is 12.5 Å². The van der Waals surface area contributed by atoms with Crippen molar-refractivity contribution in [1.82, 2.24) is 14.8 Å². The van der Waals surface area contributed by atoms with E-state index in [0.717, 1.165) is 5.56 Å². The van der Waals surface area contributed by atoms with Gasteiger partial charge in [0.25, 0.3) is 0 Å². The van der Waals surface area contributed by atoms with Crippen LogP contribution < -0.4 is 5.69 Å². The second-order valence-corrected chi connectivity index (χ2v) is 5.08. The average molecular weight is 260 g/mol. The zero-order valence-corrected chi connectivity index (χ0v) is 10.6. The summed E-state index contributed by atoms with van der Waals surface area (Å²) in [7, 11) is 0. The monoisotopic (exact) mass is 260 g/mol. The molecule has 0 bridgehead atoms. The Kier molecular flexibility index (Phi) is 3.85. The van der Waals surface area contributed by atoms with Crippen molar-refractivity contribution in [1.29, 1.82) is 5.26 Å². The molecule has 0 unspecified atom stereocenters. The van der Waals surface area contributed by atoms with Crippen molar-refractivity contribution in [2.45, 2.75) is 23.9 Å². The fourth-order valence-electron chi connectivity index (χ4n) is 1.48. The molecule has 1 N–H and O–H groups in total. The summed E-state index contributed by atoms with van der Waals surface area (Å²) in [6, 6.07) is 11.8. The van der Waals surface area contributed by atoms with Crippen LogP contribution in [0.4, 0.5) is 0 Å². The van der Waals surface area contributed by atoms with Crippen LogP contribution in [0.15, 0.2) is 40.3 Å². The maximum atomic E-state index is 11.7. The molecule has 0 saturated carbocycles. The topological polar surface area (TPSA) is 74.5 Å². The van der Waals surface area contributed by atoms with Gasteiger partial charge in [0.15, 0.2) is 5.16 Å². The SMILES string of the molecule is C[C@H](C#N)Sc1n[nH]c(=O)n1Cc1ccccc1. The smallest absolute Gasteiger partial charge is 0.266 e. The number of thioether (sulfide) groups is 1. The molecule has 0 radical (unpaired) electrons. The highest BCUT2D eigenvalue weighted by Gasteiger charge is 2.12. The molecule has 0 aliphatic heterocycles. The van der Waals surface area contributed by atoms with E-state index in [1.165, 1.54) is 16.3 Å². The van der Waals surface area contributed by atoms with Crippen molar-refractivity contribution in [3.63, 3.8) is 0 Å². The van der Waals surface area contributed by atoms with Gasteiger partial charge in [0.2, 0.25) is 0 Å². The summed E-state index contributed by atoms with van der Waals surface area (Å²) >= 11 is 1.27. The largest absolute Gasteiger partial charge is 0.344 e. The fraction of sp³-hybridized carbons (Fsp3) is 0.250. The molecule has 2 aromatic rings. The van der Waals surface area contributed by atoms with E-state index >= 15 is 0 Å². The predicted molar refractivity (Wildman–Crippen MR) is 69.3 cm³/mol. The molecular formula is C12H12N4OS. The lowest BCUT2D eigenvalue weighted by atomic mass is 10.2. The number of aromatic nitrogens is 3. The summed E-state index contributed by atoms with van der Waals surface area (Å²) in [5.74, 6) is 0. The lowest BCUT2D eigenvalue weighted by Gasteiger charge is -2.06. The van der Waals surface area contributed by atoms with E-state index in [1.54, 1.807) is 6.92 Å². The second-order valence-electron chi connectivity index (χ2n) is 3.77. The van der Waals surface area contributed by atoms with Gasteiger partial charge in [-0.25, -0.2) is 9.89 Å². The van der Waals surface area contributed by atoms with E-state index in [9.17, 15) is 4.79 Å². The van der Waals surface area contributed by atoms with Crippen LogP contribution in [0.3, 0.4) is 0 Å². The highest BCUT2D eigenvalue weighted by molar-refractivity contribution is 8.00. The number of aromatic amines is 1. The number of hydrogen-bond acceptors (Lipinski definition) is 4. The Hall–Kier alpha value is -2.00. The van der Waals surface area contributed by atoms with Crippen LogP contribution in [-0.2, 0) is 6.54 Å². The molecular weight excluding hydrogens is 248 g/mol. The summed E-state index contributed by atoms with van der Waals surface area (Å²) in [6.45, 7) is 2.23. The molecule has 92 valence electrons. The van der Waals surface area contributed by atoms with Gasteiger partial charge in [-0.2, -0.15) is 5.26 Å². The third-order valence-corrected chi connectivity index (χ3v) is 3.35. The Balaban J connectivity index is 2.25. The number of nitriles is 1. The normalized spacial score (nSPS) is 12.0. The first kappa shape index (κ1) is 12.5. The van der Waals surface area contributed by atoms with E-state index < -0.39 is 0 Å². The molecule has 1 atom stereocenters. The summed E-state index contributed by atoms with van der Waals surface area (Å²) in [5, 5.41) is 15.4. The van der Waals surface area contributed by atoms with Crippen LogP contribution in [0.1, 0.15) is 12.5 Å². The summed E-state index contributed by atoms with van der Waals surface area (Å²) in [4.78, 5) is 11.7. The maximum Gasteiger partial charge on any atom is 0.344 e. The molecule has 1 aromatic heterocycles. The summed E-state index contributed by atoms with van der Waals surface area (Å²) < 4.78 is 1.54. The quantitative estimate of drug-likeness (QED) is 0.848. The van der Waals surface area contributed by atoms with Crippen molar-refractivity contribution in [3.8, 4) is 6.07 Å². The van der Waals surface area contributed by atoms with Crippen LogP contribution in [-0.4, -0.2) is 20.0 Å². The Morgan fingerprint density at radius 2 is 2.22 bits per heavy atom. The lowest BCUT2D eigenvalue weighted by Crippen LogP contribution is -2.18. The van der Waals surface area contributed by atoms with Crippen molar-refractivity contribution >= 4 is 11.8 Å². The molecule has 18 heavy (non-hydrogen) atoms. The molecule has 0 aliphatic rings. The van der Waals surface area contributed by atoms with E-state index in [0.29, 0.717) is 11.7 Å². The van der Waals surface area contributed by atoms with Gasteiger partial charge in [0.05, 0.1) is 17.9 Å². The van der Waals surface area contributed by atoms with Crippen molar-refractivity contribution in [2.24, 2.45) is 0 Å². The Labute approximate surface area is 108 Å². The number of benzene rings is 1. The standard InChI is InChI=1S/C12H12N4OS/c1-9(7-13)18-12-15-14-11(17)16(12)8-10-5-3-2-4-6-10/h2-6,9H,8H2,1H3,(H,14,17)/t9-/m1/s1. The van der Waals surface area contributed by atoms with Gasteiger partial charge in [-0.15, -0.1) is 5.10 Å². The fourth-order valence-corrected chi connectivity index (χ4v) is 2.23. The number of rotatable bonds is 4. The van der Waals surface area contributed by atoms with Gasteiger partial charge in [-0.3, -0.25) is 4.57 Å². The van der Waals surface area contributed by atoms with Crippen molar-refractivity contribution < 1.29 is 0 Å². The summed E-state index contributed by atoms with van der Waals surface area (Å²) in [5.41, 5.74) is 0.763. The van der Waals surface area contributed by atoms with E-state index in [1.807, 2.05) is 30.3 Å². The third kappa shape index (κ3) is 2.81. The van der Waals surface area contributed by atoms with E-state index in [4.69, 9.17) is 5.26 Å². The van der Waals surface area contributed by atoms with Crippen LogP contribution in [0, 0.1) is 11.3 Å². The number of nitrogens with zero attached hydrogens (tertiary/aromatic N) is 3. The number of hydrogen-bond donors (Lipinski definition) is 1. The van der Waals surface area contributed by atoms with Crippen LogP contribution in [0.2, 0.25) is 0 Å². The van der Waals surface area contributed by atoms with Gasteiger partial charge >= 0.3 is 5.69 Å². The molecule has 0 amide bonds. The zero-order valence-electron chi connectivity index (χ0n) is 9.83. The highest BCUT2D eigenvalue weighted by atomic mass is 32.2. The summed E-state index contributed by atoms with van der Waals surface area (Å²) in [6.07, 6.45) is 0. The molecule has 0 fully saturated rings. The molecule has 1 aromatic carbocycles. The molecule has 0 saturated heterocycles. The van der Waals surface area contributed by atoms with Crippen LogP contribution in [0.25, 0.3) is 0 Å². The van der Waals surface area contributed by atoms with Crippen LogP contribution in [0.5, 0.6) is 0 Å². The minimum atomic E-state index is -0.258. The predicted octanol–water partition coefficient (Wildman–Crippen LogP) is 1.62. The second kappa shape index (κ2) is 5.56. The molecule has 0 spiro atoms. The third-order valence-electron chi connectivity index (χ3n) is 2.37. The minimum Gasteiger partial charge on any atom is -0.266 e. The van der Waals surface area contributed by atoms with Gasteiger partial charge in [0.1, 0.15) is 0 Å². The molecule has 0 aliphatic carbocycles. The lowest BCUT2D eigenvalue weighted by molar-refractivity contribution is 0.686. The van der Waals surface area contributed by atoms with E-state index in [2.05, 4.69) is 16.3 Å². The van der Waals surface area contributed by atoms with Gasteiger partial charge in [0, 0.05) is 0 Å².